The summed E-state index contributed by atoms with van der Waals surface area (Å²) in [7, 11) is 0. The minimum absolute atomic E-state index is 0.189. The van der Waals surface area contributed by atoms with E-state index in [0.717, 1.165) is 18.9 Å². The van der Waals surface area contributed by atoms with Crippen molar-refractivity contribution in [1.82, 2.24) is 4.98 Å². The predicted octanol–water partition coefficient (Wildman–Crippen LogP) is 1.40. The Kier molecular flexibility index (Phi) is 3.02. The second-order valence-corrected chi connectivity index (χ2v) is 4.74. The zero-order chi connectivity index (χ0) is 12.5. The van der Waals surface area contributed by atoms with Crippen molar-refractivity contribution >= 4 is 11.8 Å². The molecular weight excluding hydrogens is 220 g/mol. The number of carboxylic acids is 1. The zero-order valence-electron chi connectivity index (χ0n) is 10.0. The molecule has 1 aliphatic heterocycles. The van der Waals surface area contributed by atoms with Gasteiger partial charge in [-0.1, -0.05) is 0 Å². The van der Waals surface area contributed by atoms with Crippen molar-refractivity contribution < 1.29 is 14.6 Å². The van der Waals surface area contributed by atoms with E-state index in [1.54, 1.807) is 12.1 Å². The first kappa shape index (κ1) is 11.9. The fourth-order valence-corrected chi connectivity index (χ4v) is 1.91. The lowest BCUT2D eigenvalue weighted by Gasteiger charge is -2.38. The first-order chi connectivity index (χ1) is 7.98. The maximum absolute atomic E-state index is 10.7. The third-order valence-electron chi connectivity index (χ3n) is 2.74. The number of aromatic carboxylic acids is 1. The molecule has 5 heteroatoms. The summed E-state index contributed by atoms with van der Waals surface area (Å²) in [5.41, 5.74) is 0.0204. The van der Waals surface area contributed by atoms with E-state index in [2.05, 4.69) is 9.88 Å². The molecule has 1 aliphatic rings. The number of carboxylic acid groups (broad SMARTS) is 1. The van der Waals surface area contributed by atoms with Crippen LogP contribution in [0.5, 0.6) is 0 Å². The Balaban J connectivity index is 2.14. The normalized spacial score (nSPS) is 19.1. The van der Waals surface area contributed by atoms with Crippen LogP contribution in [0.15, 0.2) is 18.3 Å². The second kappa shape index (κ2) is 4.33. The molecule has 0 unspecified atom stereocenters. The van der Waals surface area contributed by atoms with Gasteiger partial charge in [-0.15, -0.1) is 0 Å². The van der Waals surface area contributed by atoms with Crippen LogP contribution in [0, 0.1) is 0 Å². The van der Waals surface area contributed by atoms with Gasteiger partial charge in [0.25, 0.3) is 0 Å². The predicted molar refractivity (Wildman–Crippen MR) is 63.4 cm³/mol. The Hall–Kier alpha value is -1.62. The molecule has 0 bridgehead atoms. The lowest BCUT2D eigenvalue weighted by Crippen LogP contribution is -2.48. The van der Waals surface area contributed by atoms with Gasteiger partial charge in [0.1, 0.15) is 5.82 Å². The monoisotopic (exact) mass is 236 g/mol. The van der Waals surface area contributed by atoms with Gasteiger partial charge in [-0.2, -0.15) is 0 Å². The third-order valence-corrected chi connectivity index (χ3v) is 2.74. The fourth-order valence-electron chi connectivity index (χ4n) is 1.91. The smallest absolute Gasteiger partial charge is 0.337 e. The van der Waals surface area contributed by atoms with Crippen molar-refractivity contribution in [2.24, 2.45) is 0 Å². The molecule has 0 amide bonds. The molecule has 0 atom stereocenters. The summed E-state index contributed by atoms with van der Waals surface area (Å²) >= 11 is 0. The molecule has 5 nitrogen and oxygen atoms in total. The Morgan fingerprint density at radius 2 is 2.29 bits per heavy atom. The fraction of sp³-hybridized carbons (Fsp3) is 0.500. The molecule has 1 saturated heterocycles. The highest BCUT2D eigenvalue weighted by molar-refractivity contribution is 5.87. The lowest BCUT2D eigenvalue weighted by atomic mass is 10.1. The molecule has 92 valence electrons. The average molecular weight is 236 g/mol. The second-order valence-electron chi connectivity index (χ2n) is 4.74. The number of rotatable bonds is 2. The summed E-state index contributed by atoms with van der Waals surface area (Å²) in [5.74, 6) is -0.155. The number of carbonyl (C=O) groups is 1. The maximum Gasteiger partial charge on any atom is 0.337 e. The van der Waals surface area contributed by atoms with Crippen LogP contribution in [0.3, 0.4) is 0 Å². The minimum Gasteiger partial charge on any atom is -0.478 e. The number of morpholine rings is 1. The first-order valence-corrected chi connectivity index (χ1v) is 5.56. The van der Waals surface area contributed by atoms with Crippen molar-refractivity contribution in [3.8, 4) is 0 Å². The Morgan fingerprint density at radius 3 is 2.82 bits per heavy atom. The van der Waals surface area contributed by atoms with Gasteiger partial charge >= 0.3 is 5.97 Å². The Morgan fingerprint density at radius 1 is 1.53 bits per heavy atom. The van der Waals surface area contributed by atoms with Gasteiger partial charge in [-0.05, 0) is 26.0 Å². The summed E-state index contributed by atoms with van der Waals surface area (Å²) in [5, 5.41) is 8.80. The van der Waals surface area contributed by atoms with Crippen LogP contribution in [-0.2, 0) is 4.74 Å². The van der Waals surface area contributed by atoms with Gasteiger partial charge in [0.05, 0.1) is 17.8 Å². The highest BCUT2D eigenvalue weighted by Gasteiger charge is 2.27. The summed E-state index contributed by atoms with van der Waals surface area (Å²) in [6.07, 6.45) is 1.39. The van der Waals surface area contributed by atoms with Crippen LogP contribution in [0.25, 0.3) is 0 Å². The van der Waals surface area contributed by atoms with Crippen LogP contribution in [0.1, 0.15) is 24.2 Å². The van der Waals surface area contributed by atoms with E-state index in [4.69, 9.17) is 9.84 Å². The number of aromatic nitrogens is 1. The molecule has 0 aromatic carbocycles. The minimum atomic E-state index is -0.952. The van der Waals surface area contributed by atoms with Gasteiger partial charge in [-0.25, -0.2) is 9.78 Å². The van der Waals surface area contributed by atoms with Gasteiger partial charge < -0.3 is 14.7 Å². The van der Waals surface area contributed by atoms with E-state index < -0.39 is 5.97 Å². The van der Waals surface area contributed by atoms with Crippen LogP contribution >= 0.6 is 0 Å². The molecule has 1 N–H and O–H groups in total. The molecule has 0 radical (unpaired) electrons. The molecule has 0 aliphatic carbocycles. The molecule has 1 aromatic rings. The molecule has 2 heterocycles. The quantitative estimate of drug-likeness (QED) is 0.840. The topological polar surface area (TPSA) is 62.7 Å². The molecular formula is C12H16N2O3. The van der Waals surface area contributed by atoms with Crippen molar-refractivity contribution in [3.63, 3.8) is 0 Å². The average Bonchev–Trinajstić information content (AvgIpc) is 2.28. The van der Waals surface area contributed by atoms with E-state index in [9.17, 15) is 4.79 Å². The number of hydrogen-bond acceptors (Lipinski definition) is 4. The maximum atomic E-state index is 10.7. The zero-order valence-corrected chi connectivity index (χ0v) is 10.0. The summed E-state index contributed by atoms with van der Waals surface area (Å²) < 4.78 is 5.62. The van der Waals surface area contributed by atoms with Gasteiger partial charge in [0.2, 0.25) is 0 Å². The molecule has 1 aromatic heterocycles. The number of ether oxygens (including phenoxy) is 1. The Bertz CT molecular complexity index is 414. The highest BCUT2D eigenvalue weighted by Crippen LogP contribution is 2.21. The van der Waals surface area contributed by atoms with E-state index >= 15 is 0 Å². The highest BCUT2D eigenvalue weighted by atomic mass is 16.5. The number of pyridine rings is 1. The van der Waals surface area contributed by atoms with E-state index in [-0.39, 0.29) is 11.2 Å². The van der Waals surface area contributed by atoms with E-state index in [1.165, 1.54) is 6.20 Å². The SMILES string of the molecule is CC1(C)CN(c2ccc(C(=O)O)cn2)CCO1. The standard InChI is InChI=1S/C12H16N2O3/c1-12(2)8-14(5-6-17-12)10-4-3-9(7-13-10)11(15)16/h3-4,7H,5-6,8H2,1-2H3,(H,15,16). The number of anilines is 1. The van der Waals surface area contributed by atoms with Crippen molar-refractivity contribution in [2.75, 3.05) is 24.6 Å². The molecule has 0 spiro atoms. The van der Waals surface area contributed by atoms with E-state index in [0.29, 0.717) is 6.61 Å². The van der Waals surface area contributed by atoms with E-state index in [1.807, 2.05) is 13.8 Å². The number of nitrogens with zero attached hydrogens (tertiary/aromatic N) is 2. The van der Waals surface area contributed by atoms with Crippen molar-refractivity contribution in [2.45, 2.75) is 19.4 Å². The molecule has 17 heavy (non-hydrogen) atoms. The van der Waals surface area contributed by atoms with Gasteiger partial charge in [0.15, 0.2) is 0 Å². The summed E-state index contributed by atoms with van der Waals surface area (Å²) in [6, 6.07) is 3.32. The van der Waals surface area contributed by atoms with Gasteiger partial charge in [-0.3, -0.25) is 0 Å². The van der Waals surface area contributed by atoms with Crippen LogP contribution in [0.2, 0.25) is 0 Å². The molecule has 1 fully saturated rings. The largest absolute Gasteiger partial charge is 0.478 e. The molecule has 0 saturated carbocycles. The summed E-state index contributed by atoms with van der Waals surface area (Å²) in [6.45, 7) is 6.26. The summed E-state index contributed by atoms with van der Waals surface area (Å²) in [4.78, 5) is 17.0. The van der Waals surface area contributed by atoms with Crippen LogP contribution < -0.4 is 4.90 Å². The lowest BCUT2D eigenvalue weighted by molar-refractivity contribution is -0.0279. The third kappa shape index (κ3) is 2.74. The van der Waals surface area contributed by atoms with Crippen molar-refractivity contribution in [3.05, 3.63) is 23.9 Å². The van der Waals surface area contributed by atoms with Crippen LogP contribution in [-0.4, -0.2) is 41.4 Å². The van der Waals surface area contributed by atoms with Crippen LogP contribution in [0.4, 0.5) is 5.82 Å². The Labute approximate surface area is 100 Å². The molecule has 2 rings (SSSR count). The first-order valence-electron chi connectivity index (χ1n) is 5.56. The van der Waals surface area contributed by atoms with Gasteiger partial charge in [0, 0.05) is 19.3 Å². The number of hydrogen-bond donors (Lipinski definition) is 1. The van der Waals surface area contributed by atoms with Crippen molar-refractivity contribution in [1.29, 1.82) is 0 Å².